The van der Waals surface area contributed by atoms with Gasteiger partial charge in [0, 0.05) is 13.2 Å². The molecule has 37 valence electrons. The minimum Gasteiger partial charge on any atom is -0.383 e. The monoisotopic (exact) mass is 88.1 g/mol. The van der Waals surface area contributed by atoms with Crippen molar-refractivity contribution in [3.05, 3.63) is 0 Å². The minimum atomic E-state index is -0.0741. The van der Waals surface area contributed by atoms with Gasteiger partial charge in [0.25, 0.3) is 0 Å². The number of nitrogens with one attached hydrogen (secondary N) is 1. The van der Waals surface area contributed by atoms with Gasteiger partial charge in [-0.1, -0.05) is 0 Å². The predicted molar refractivity (Wildman–Crippen MR) is 24.4 cm³/mol. The number of hydrogen-bond acceptors (Lipinski definition) is 1. The lowest BCUT2D eigenvalue weighted by Crippen LogP contribution is -2.09. The van der Waals surface area contributed by atoms with Gasteiger partial charge in [-0.3, -0.25) is 5.73 Å². The molecule has 0 bridgehead atoms. The summed E-state index contributed by atoms with van der Waals surface area (Å²) in [6.07, 6.45) is 0. The van der Waals surface area contributed by atoms with Crippen LogP contribution in [0.1, 0.15) is 6.92 Å². The van der Waals surface area contributed by atoms with Crippen molar-refractivity contribution in [2.75, 3.05) is 13.7 Å². The molecule has 0 aromatic carbocycles. The summed E-state index contributed by atoms with van der Waals surface area (Å²) in [5.74, 6) is 0. The normalized spacial score (nSPS) is 14.5. The lowest BCUT2D eigenvalue weighted by atomic mass is 10.4. The maximum Gasteiger partial charge on any atom is 0.0626 e. The van der Waals surface area contributed by atoms with Crippen LogP contribution in [0, 0.1) is 0 Å². The Balaban J connectivity index is 2.63. The van der Waals surface area contributed by atoms with Crippen LogP contribution in [0.5, 0.6) is 0 Å². The first-order valence-corrected chi connectivity index (χ1v) is 1.97. The second-order valence-electron chi connectivity index (χ2n) is 1.36. The van der Waals surface area contributed by atoms with Crippen LogP contribution in [-0.4, -0.2) is 19.8 Å². The highest BCUT2D eigenvalue weighted by Gasteiger charge is 1.87. The lowest BCUT2D eigenvalue weighted by molar-refractivity contribution is 0.183. The Kier molecular flexibility index (Phi) is 3.08. The maximum atomic E-state index is 6.85. The van der Waals surface area contributed by atoms with Gasteiger partial charge in [-0.15, -0.1) is 0 Å². The summed E-state index contributed by atoms with van der Waals surface area (Å²) in [5, 5.41) is 0. The molecule has 0 rings (SSSR count). The Bertz CT molecular complexity index is 28.7. The average molecular weight is 88.1 g/mol. The van der Waals surface area contributed by atoms with E-state index in [-0.39, 0.29) is 6.04 Å². The van der Waals surface area contributed by atoms with Gasteiger partial charge in [-0.25, -0.2) is 0 Å². The van der Waals surface area contributed by atoms with Crippen molar-refractivity contribution in [1.82, 2.24) is 5.73 Å². The van der Waals surface area contributed by atoms with Gasteiger partial charge in [0.15, 0.2) is 0 Å². The molecule has 2 nitrogen and oxygen atoms in total. The molecule has 0 fully saturated rings. The van der Waals surface area contributed by atoms with E-state index in [0.717, 1.165) is 0 Å². The van der Waals surface area contributed by atoms with Gasteiger partial charge in [-0.05, 0) is 6.92 Å². The van der Waals surface area contributed by atoms with Crippen molar-refractivity contribution in [1.29, 1.82) is 0 Å². The van der Waals surface area contributed by atoms with Crippen LogP contribution < -0.4 is 5.73 Å². The standard InChI is InChI=1S/C4H10NO/c1-4(5)3-6-2/h4-5H,3H2,1-2H3/t4-/m1/s1. The topological polar surface area (TPSA) is 33.0 Å². The molecule has 1 atom stereocenters. The fourth-order valence-electron chi connectivity index (χ4n) is 0.250. The molecule has 0 saturated carbocycles. The van der Waals surface area contributed by atoms with E-state index in [2.05, 4.69) is 4.74 Å². The first-order chi connectivity index (χ1) is 2.77. The number of methoxy groups -OCH3 is 1. The van der Waals surface area contributed by atoms with Crippen LogP contribution >= 0.6 is 0 Å². The highest BCUT2D eigenvalue weighted by Crippen LogP contribution is 1.74. The second kappa shape index (κ2) is 3.12. The molecule has 1 radical (unpaired) electrons. The molecule has 0 spiro atoms. The Morgan fingerprint density at radius 1 is 1.83 bits per heavy atom. The lowest BCUT2D eigenvalue weighted by Gasteiger charge is -1.97. The van der Waals surface area contributed by atoms with Crippen molar-refractivity contribution >= 4 is 0 Å². The molecule has 0 heterocycles. The third-order valence-corrected chi connectivity index (χ3v) is 0.417. The van der Waals surface area contributed by atoms with Crippen LogP contribution in [0.3, 0.4) is 0 Å². The SMILES string of the molecule is COC[C@@H](C)[NH]. The van der Waals surface area contributed by atoms with Crippen LogP contribution in [0.15, 0.2) is 0 Å². The zero-order valence-electron chi connectivity index (χ0n) is 4.19. The molecule has 0 unspecified atom stereocenters. The molecular weight excluding hydrogens is 78.0 g/mol. The summed E-state index contributed by atoms with van der Waals surface area (Å²) in [6.45, 7) is 2.34. The molecule has 0 aliphatic rings. The zero-order chi connectivity index (χ0) is 4.99. The van der Waals surface area contributed by atoms with Gasteiger partial charge in [-0.2, -0.15) is 0 Å². The third kappa shape index (κ3) is 3.92. The Labute approximate surface area is 38.3 Å². The van der Waals surface area contributed by atoms with Gasteiger partial charge in [0.2, 0.25) is 0 Å². The van der Waals surface area contributed by atoms with Gasteiger partial charge >= 0.3 is 0 Å². The summed E-state index contributed by atoms with van der Waals surface area (Å²) in [5.41, 5.74) is 6.85. The molecule has 0 saturated heterocycles. The van der Waals surface area contributed by atoms with E-state index in [0.29, 0.717) is 6.61 Å². The Hall–Kier alpha value is -0.0800. The molecule has 0 amide bonds. The highest BCUT2D eigenvalue weighted by molar-refractivity contribution is 4.44. The van der Waals surface area contributed by atoms with Crippen LogP contribution in [-0.2, 0) is 4.74 Å². The first-order valence-electron chi connectivity index (χ1n) is 1.97. The number of ether oxygens (including phenoxy) is 1. The molecule has 0 aliphatic heterocycles. The molecule has 0 aliphatic carbocycles. The largest absolute Gasteiger partial charge is 0.383 e. The summed E-state index contributed by atoms with van der Waals surface area (Å²) in [6, 6.07) is -0.0741. The van der Waals surface area contributed by atoms with Crippen LogP contribution in [0.25, 0.3) is 0 Å². The molecule has 2 heteroatoms. The maximum absolute atomic E-state index is 6.85. The predicted octanol–water partition coefficient (Wildman–Crippen LogP) is 0.304. The van der Waals surface area contributed by atoms with E-state index in [9.17, 15) is 0 Å². The zero-order valence-corrected chi connectivity index (χ0v) is 4.19. The van der Waals surface area contributed by atoms with E-state index in [1.165, 1.54) is 0 Å². The molecule has 1 N–H and O–H groups in total. The Morgan fingerprint density at radius 3 is 2.33 bits per heavy atom. The third-order valence-electron chi connectivity index (χ3n) is 0.417. The summed E-state index contributed by atoms with van der Waals surface area (Å²) < 4.78 is 4.62. The van der Waals surface area contributed by atoms with Crippen molar-refractivity contribution in [3.8, 4) is 0 Å². The molecule has 0 aromatic rings. The smallest absolute Gasteiger partial charge is 0.0626 e. The van der Waals surface area contributed by atoms with Gasteiger partial charge in [0.05, 0.1) is 6.61 Å². The number of hydrogen-bond donors (Lipinski definition) is 0. The average Bonchev–Trinajstić information content (AvgIpc) is 1.35. The highest BCUT2D eigenvalue weighted by atomic mass is 16.5. The van der Waals surface area contributed by atoms with E-state index in [1.54, 1.807) is 14.0 Å². The minimum absolute atomic E-state index is 0.0741. The quantitative estimate of drug-likeness (QED) is 0.478. The van der Waals surface area contributed by atoms with E-state index >= 15 is 0 Å². The summed E-state index contributed by atoms with van der Waals surface area (Å²) >= 11 is 0. The van der Waals surface area contributed by atoms with Crippen molar-refractivity contribution < 1.29 is 4.74 Å². The summed E-state index contributed by atoms with van der Waals surface area (Å²) in [7, 11) is 1.60. The van der Waals surface area contributed by atoms with Crippen LogP contribution in [0.2, 0.25) is 0 Å². The van der Waals surface area contributed by atoms with E-state index < -0.39 is 0 Å². The summed E-state index contributed by atoms with van der Waals surface area (Å²) in [4.78, 5) is 0. The van der Waals surface area contributed by atoms with Crippen LogP contribution in [0.4, 0.5) is 0 Å². The van der Waals surface area contributed by atoms with E-state index in [4.69, 9.17) is 5.73 Å². The first kappa shape index (κ1) is 5.92. The van der Waals surface area contributed by atoms with Crippen molar-refractivity contribution in [2.45, 2.75) is 13.0 Å². The second-order valence-corrected chi connectivity index (χ2v) is 1.36. The fourth-order valence-corrected chi connectivity index (χ4v) is 0.250. The Morgan fingerprint density at radius 2 is 2.33 bits per heavy atom. The molecule has 6 heavy (non-hydrogen) atoms. The fraction of sp³-hybridized carbons (Fsp3) is 1.00. The van der Waals surface area contributed by atoms with Gasteiger partial charge < -0.3 is 4.74 Å². The van der Waals surface area contributed by atoms with Crippen molar-refractivity contribution in [2.24, 2.45) is 0 Å². The van der Waals surface area contributed by atoms with E-state index in [1.807, 2.05) is 0 Å². The number of rotatable bonds is 2. The molecular formula is C4H10NO. The van der Waals surface area contributed by atoms with Gasteiger partial charge in [0.1, 0.15) is 0 Å². The molecule has 0 aromatic heterocycles. The van der Waals surface area contributed by atoms with Crippen molar-refractivity contribution in [3.63, 3.8) is 0 Å².